The Morgan fingerprint density at radius 3 is 2.29 bits per heavy atom. The fourth-order valence-electron chi connectivity index (χ4n) is 2.27. The minimum absolute atomic E-state index is 0.0676. The van der Waals surface area contributed by atoms with Crippen LogP contribution in [0.15, 0.2) is 37.3 Å². The minimum Gasteiger partial charge on any atom is -0.295 e. The van der Waals surface area contributed by atoms with Gasteiger partial charge in [0, 0.05) is 28.6 Å². The van der Waals surface area contributed by atoms with Crippen LogP contribution >= 0.6 is 43.2 Å². The van der Waals surface area contributed by atoms with Crippen LogP contribution in [0.25, 0.3) is 11.0 Å². The number of hydrogen-bond acceptors (Lipinski definition) is 3. The second kappa shape index (κ2) is 5.23. The summed E-state index contributed by atoms with van der Waals surface area (Å²) < 4.78 is 4.57. The number of nitrogens with zero attached hydrogens (tertiary/aromatic N) is 2. The Balaban J connectivity index is 2.27. The largest absolute Gasteiger partial charge is 0.328 e. The molecule has 108 valence electrons. The number of imidazole rings is 1. The standard InChI is InChI=1S/C14H10Br2N2O2S/c1-17-10-5-7(12(19)13-8(15)3-4-21-13)9(16)6-11(10)18(2)14(17)20/h3-6H,1-2H3. The highest BCUT2D eigenvalue weighted by Crippen LogP contribution is 2.30. The highest BCUT2D eigenvalue weighted by molar-refractivity contribution is 9.11. The van der Waals surface area contributed by atoms with Crippen molar-refractivity contribution in [3.05, 3.63) is 53.4 Å². The Morgan fingerprint density at radius 1 is 1.10 bits per heavy atom. The number of halogens is 2. The minimum atomic E-state index is -0.112. The molecule has 0 saturated carbocycles. The van der Waals surface area contributed by atoms with E-state index in [2.05, 4.69) is 31.9 Å². The quantitative estimate of drug-likeness (QED) is 0.583. The summed E-state index contributed by atoms with van der Waals surface area (Å²) in [6.45, 7) is 0. The van der Waals surface area contributed by atoms with E-state index in [9.17, 15) is 9.59 Å². The molecule has 0 aliphatic heterocycles. The average molecular weight is 430 g/mol. The molecule has 2 heterocycles. The van der Waals surface area contributed by atoms with E-state index in [1.54, 1.807) is 29.3 Å². The lowest BCUT2D eigenvalue weighted by molar-refractivity contribution is 0.104. The number of fused-ring (bicyclic) bond motifs is 1. The van der Waals surface area contributed by atoms with E-state index >= 15 is 0 Å². The Bertz CT molecular complexity index is 936. The Kier molecular flexibility index (Phi) is 3.67. The number of thiophene rings is 1. The molecular weight excluding hydrogens is 420 g/mol. The van der Waals surface area contributed by atoms with Gasteiger partial charge in [-0.25, -0.2) is 4.79 Å². The topological polar surface area (TPSA) is 44.0 Å². The fraction of sp³-hybridized carbons (Fsp3) is 0.143. The first-order valence-electron chi connectivity index (χ1n) is 6.04. The molecule has 2 aromatic heterocycles. The Labute approximate surface area is 141 Å². The van der Waals surface area contributed by atoms with Crippen LogP contribution in [0.4, 0.5) is 0 Å². The number of rotatable bonds is 2. The van der Waals surface area contributed by atoms with Crippen molar-refractivity contribution in [1.29, 1.82) is 0 Å². The molecular formula is C14H10Br2N2O2S. The van der Waals surface area contributed by atoms with Crippen LogP contribution in [-0.4, -0.2) is 14.9 Å². The molecule has 0 spiro atoms. The lowest BCUT2D eigenvalue weighted by Gasteiger charge is -2.05. The van der Waals surface area contributed by atoms with Gasteiger partial charge in [0.2, 0.25) is 5.78 Å². The zero-order valence-electron chi connectivity index (χ0n) is 11.2. The summed E-state index contributed by atoms with van der Waals surface area (Å²) in [6.07, 6.45) is 0. The number of ketones is 1. The molecule has 1 aromatic carbocycles. The van der Waals surface area contributed by atoms with Crippen LogP contribution in [0.3, 0.4) is 0 Å². The number of hydrogen-bond donors (Lipinski definition) is 0. The second-order valence-corrected chi connectivity index (χ2v) is 7.27. The van der Waals surface area contributed by atoms with E-state index in [-0.39, 0.29) is 11.5 Å². The second-order valence-electron chi connectivity index (χ2n) is 4.65. The molecule has 0 fully saturated rings. The molecule has 0 amide bonds. The summed E-state index contributed by atoms with van der Waals surface area (Å²) in [7, 11) is 3.42. The summed E-state index contributed by atoms with van der Waals surface area (Å²) in [5.41, 5.74) is 1.96. The summed E-state index contributed by atoms with van der Waals surface area (Å²) >= 11 is 8.21. The van der Waals surface area contributed by atoms with Crippen molar-refractivity contribution < 1.29 is 4.79 Å². The molecule has 3 rings (SSSR count). The van der Waals surface area contributed by atoms with E-state index in [1.807, 2.05) is 17.5 Å². The van der Waals surface area contributed by atoms with Crippen molar-refractivity contribution in [1.82, 2.24) is 9.13 Å². The fourth-order valence-corrected chi connectivity index (χ4v) is 4.29. The molecule has 0 atom stereocenters. The van der Waals surface area contributed by atoms with E-state index in [0.29, 0.717) is 14.9 Å². The van der Waals surface area contributed by atoms with Gasteiger partial charge in [-0.3, -0.25) is 13.9 Å². The predicted molar refractivity (Wildman–Crippen MR) is 91.3 cm³/mol. The normalized spacial score (nSPS) is 11.2. The predicted octanol–water partition coefficient (Wildman–Crippen LogP) is 3.69. The van der Waals surface area contributed by atoms with Crippen LogP contribution in [0, 0.1) is 0 Å². The van der Waals surface area contributed by atoms with Crippen LogP contribution < -0.4 is 5.69 Å². The van der Waals surface area contributed by atoms with Crippen molar-refractivity contribution in [3.8, 4) is 0 Å². The smallest absolute Gasteiger partial charge is 0.295 e. The van der Waals surface area contributed by atoms with E-state index in [0.717, 1.165) is 15.5 Å². The van der Waals surface area contributed by atoms with Gasteiger partial charge in [0.25, 0.3) is 0 Å². The number of benzene rings is 1. The van der Waals surface area contributed by atoms with Crippen molar-refractivity contribution >= 4 is 60.0 Å². The van der Waals surface area contributed by atoms with Crippen LogP contribution in [0.5, 0.6) is 0 Å². The van der Waals surface area contributed by atoms with Crippen LogP contribution in [0.2, 0.25) is 0 Å². The van der Waals surface area contributed by atoms with Crippen molar-refractivity contribution in [2.45, 2.75) is 0 Å². The highest BCUT2D eigenvalue weighted by Gasteiger charge is 2.19. The molecule has 0 unspecified atom stereocenters. The van der Waals surface area contributed by atoms with E-state index < -0.39 is 0 Å². The van der Waals surface area contributed by atoms with Crippen LogP contribution in [-0.2, 0) is 14.1 Å². The van der Waals surface area contributed by atoms with Gasteiger partial charge in [-0.05, 0) is 55.4 Å². The van der Waals surface area contributed by atoms with Gasteiger partial charge in [0.15, 0.2) is 0 Å². The Hall–Kier alpha value is -1.18. The van der Waals surface area contributed by atoms with Crippen molar-refractivity contribution in [3.63, 3.8) is 0 Å². The maximum Gasteiger partial charge on any atom is 0.328 e. The molecule has 7 heteroatoms. The molecule has 0 aliphatic rings. The molecule has 0 radical (unpaired) electrons. The van der Waals surface area contributed by atoms with Gasteiger partial charge in [-0.1, -0.05) is 0 Å². The first-order chi connectivity index (χ1) is 9.91. The number of carbonyl (C=O) groups excluding carboxylic acids is 1. The zero-order valence-corrected chi connectivity index (χ0v) is 15.2. The van der Waals surface area contributed by atoms with E-state index in [4.69, 9.17) is 0 Å². The van der Waals surface area contributed by atoms with Gasteiger partial charge >= 0.3 is 5.69 Å². The van der Waals surface area contributed by atoms with Crippen molar-refractivity contribution in [2.75, 3.05) is 0 Å². The van der Waals surface area contributed by atoms with Gasteiger partial charge < -0.3 is 0 Å². The van der Waals surface area contributed by atoms with Gasteiger partial charge in [0.1, 0.15) is 0 Å². The van der Waals surface area contributed by atoms with Gasteiger partial charge in [0.05, 0.1) is 15.9 Å². The highest BCUT2D eigenvalue weighted by atomic mass is 79.9. The summed E-state index contributed by atoms with van der Waals surface area (Å²) in [5, 5.41) is 1.86. The first kappa shape index (κ1) is 14.7. The summed E-state index contributed by atoms with van der Waals surface area (Å²) in [4.78, 5) is 25.3. The maximum atomic E-state index is 12.7. The molecule has 0 bridgehead atoms. The van der Waals surface area contributed by atoms with Crippen LogP contribution in [0.1, 0.15) is 15.2 Å². The average Bonchev–Trinajstić information content (AvgIpc) is 2.97. The van der Waals surface area contributed by atoms with Crippen molar-refractivity contribution in [2.24, 2.45) is 14.1 Å². The SMILES string of the molecule is Cn1c(=O)n(C)c2cc(C(=O)c3sccc3Br)c(Br)cc21. The monoisotopic (exact) mass is 428 g/mol. The Morgan fingerprint density at radius 2 is 1.71 bits per heavy atom. The summed E-state index contributed by atoms with van der Waals surface area (Å²) in [5.74, 6) is -0.0676. The van der Waals surface area contributed by atoms with Gasteiger partial charge in [-0.2, -0.15) is 0 Å². The maximum absolute atomic E-state index is 12.7. The number of aromatic nitrogens is 2. The molecule has 0 aliphatic carbocycles. The third kappa shape index (κ3) is 2.23. The lowest BCUT2D eigenvalue weighted by Crippen LogP contribution is -2.19. The molecule has 0 N–H and O–H groups in total. The first-order valence-corrected chi connectivity index (χ1v) is 8.51. The molecule has 3 aromatic rings. The molecule has 21 heavy (non-hydrogen) atoms. The zero-order chi connectivity index (χ0) is 15.3. The molecule has 4 nitrogen and oxygen atoms in total. The third-order valence-corrected chi connectivity index (χ3v) is 5.92. The number of carbonyl (C=O) groups is 1. The number of aryl methyl sites for hydroxylation is 2. The lowest BCUT2D eigenvalue weighted by atomic mass is 10.1. The third-order valence-electron chi connectivity index (χ3n) is 3.43. The summed E-state index contributed by atoms with van der Waals surface area (Å²) in [6, 6.07) is 5.42. The van der Waals surface area contributed by atoms with E-state index in [1.165, 1.54) is 11.3 Å². The molecule has 0 saturated heterocycles. The van der Waals surface area contributed by atoms with Gasteiger partial charge in [-0.15, -0.1) is 11.3 Å².